The predicted octanol–water partition coefficient (Wildman–Crippen LogP) is 2.72. The van der Waals surface area contributed by atoms with E-state index in [2.05, 4.69) is 14.9 Å². The molecule has 1 amide bonds. The van der Waals surface area contributed by atoms with Gasteiger partial charge in [0, 0.05) is 32.2 Å². The van der Waals surface area contributed by atoms with Crippen molar-refractivity contribution in [1.82, 2.24) is 19.8 Å². The first-order valence-corrected chi connectivity index (χ1v) is 8.98. The van der Waals surface area contributed by atoms with Crippen LogP contribution in [-0.4, -0.2) is 57.9 Å². The van der Waals surface area contributed by atoms with E-state index in [-0.39, 0.29) is 17.6 Å². The first-order valence-electron chi connectivity index (χ1n) is 8.98. The van der Waals surface area contributed by atoms with Crippen molar-refractivity contribution < 1.29 is 13.9 Å². The van der Waals surface area contributed by atoms with Gasteiger partial charge in [0.05, 0.1) is 12.4 Å². The fourth-order valence-electron chi connectivity index (χ4n) is 3.31. The molecule has 1 aromatic heterocycles. The van der Waals surface area contributed by atoms with Gasteiger partial charge < -0.3 is 9.64 Å². The van der Waals surface area contributed by atoms with E-state index in [0.29, 0.717) is 11.4 Å². The highest BCUT2D eigenvalue weighted by Crippen LogP contribution is 2.25. The van der Waals surface area contributed by atoms with Gasteiger partial charge in [-0.3, -0.25) is 9.69 Å². The van der Waals surface area contributed by atoms with E-state index in [1.54, 1.807) is 0 Å². The standard InChI is InChI=1S/C19H21FN4O2/c20-14-4-6-16(7-5-14)26-18-13-21-17(12-22-18)19(25)24-10-8-23(9-11-24)15-2-1-3-15/h4-7,12-13,15H,1-3,8-11H2. The minimum absolute atomic E-state index is 0.0981. The van der Waals surface area contributed by atoms with Crippen LogP contribution in [0.4, 0.5) is 4.39 Å². The topological polar surface area (TPSA) is 58.6 Å². The number of benzene rings is 1. The second kappa shape index (κ2) is 7.37. The Morgan fingerprint density at radius 1 is 1.04 bits per heavy atom. The van der Waals surface area contributed by atoms with E-state index in [0.717, 1.165) is 32.2 Å². The largest absolute Gasteiger partial charge is 0.438 e. The summed E-state index contributed by atoms with van der Waals surface area (Å²) in [5, 5.41) is 0. The van der Waals surface area contributed by atoms with E-state index < -0.39 is 0 Å². The molecule has 1 aliphatic heterocycles. The molecule has 2 heterocycles. The number of amides is 1. The Morgan fingerprint density at radius 2 is 1.77 bits per heavy atom. The minimum atomic E-state index is -0.332. The summed E-state index contributed by atoms with van der Waals surface area (Å²) in [6, 6.07) is 6.36. The highest BCUT2D eigenvalue weighted by atomic mass is 19.1. The molecule has 1 saturated carbocycles. The van der Waals surface area contributed by atoms with Gasteiger partial charge in [-0.25, -0.2) is 14.4 Å². The number of nitrogens with zero attached hydrogens (tertiary/aromatic N) is 4. The van der Waals surface area contributed by atoms with Crippen LogP contribution in [0.2, 0.25) is 0 Å². The molecule has 0 spiro atoms. The van der Waals surface area contributed by atoms with Gasteiger partial charge in [-0.05, 0) is 37.1 Å². The normalized spacial score (nSPS) is 18.4. The summed E-state index contributed by atoms with van der Waals surface area (Å²) in [7, 11) is 0. The van der Waals surface area contributed by atoms with Crippen LogP contribution in [0.15, 0.2) is 36.7 Å². The Hall–Kier alpha value is -2.54. The van der Waals surface area contributed by atoms with Gasteiger partial charge in [-0.1, -0.05) is 6.42 Å². The summed E-state index contributed by atoms with van der Waals surface area (Å²) < 4.78 is 18.4. The maximum atomic E-state index is 12.9. The van der Waals surface area contributed by atoms with Crippen molar-refractivity contribution in [2.75, 3.05) is 26.2 Å². The summed E-state index contributed by atoms with van der Waals surface area (Å²) in [6.45, 7) is 3.31. The molecule has 4 rings (SSSR count). The molecule has 7 heteroatoms. The van der Waals surface area contributed by atoms with Crippen molar-refractivity contribution in [2.24, 2.45) is 0 Å². The van der Waals surface area contributed by atoms with Crippen LogP contribution in [0.25, 0.3) is 0 Å². The molecule has 2 aromatic rings. The van der Waals surface area contributed by atoms with E-state index >= 15 is 0 Å². The zero-order chi connectivity index (χ0) is 17.9. The van der Waals surface area contributed by atoms with Crippen molar-refractivity contribution in [3.05, 3.63) is 48.2 Å². The van der Waals surface area contributed by atoms with E-state index in [1.165, 1.54) is 55.9 Å². The fraction of sp³-hybridized carbons (Fsp3) is 0.421. The SMILES string of the molecule is O=C(c1cnc(Oc2ccc(F)cc2)cn1)N1CCN(C2CCC2)CC1. The molecule has 2 aliphatic rings. The molecule has 1 aromatic carbocycles. The molecule has 136 valence electrons. The number of aromatic nitrogens is 2. The van der Waals surface area contributed by atoms with Gasteiger partial charge in [0.2, 0.25) is 5.88 Å². The van der Waals surface area contributed by atoms with Crippen molar-refractivity contribution >= 4 is 5.91 Å². The molecular weight excluding hydrogens is 335 g/mol. The molecule has 26 heavy (non-hydrogen) atoms. The van der Waals surface area contributed by atoms with Gasteiger partial charge in [-0.15, -0.1) is 0 Å². The molecule has 0 atom stereocenters. The lowest BCUT2D eigenvalue weighted by Gasteiger charge is -2.42. The van der Waals surface area contributed by atoms with Crippen LogP contribution in [0.3, 0.4) is 0 Å². The zero-order valence-corrected chi connectivity index (χ0v) is 14.5. The Kier molecular flexibility index (Phi) is 4.79. The van der Waals surface area contributed by atoms with Crippen LogP contribution in [0.5, 0.6) is 11.6 Å². The molecular formula is C19H21FN4O2. The molecule has 1 saturated heterocycles. The van der Waals surface area contributed by atoms with E-state index in [4.69, 9.17) is 4.74 Å². The number of hydrogen-bond acceptors (Lipinski definition) is 5. The molecule has 0 bridgehead atoms. The van der Waals surface area contributed by atoms with Crippen molar-refractivity contribution in [3.63, 3.8) is 0 Å². The summed E-state index contributed by atoms with van der Waals surface area (Å²) >= 11 is 0. The van der Waals surface area contributed by atoms with Gasteiger partial charge >= 0.3 is 0 Å². The molecule has 0 unspecified atom stereocenters. The third-order valence-electron chi connectivity index (χ3n) is 5.08. The first kappa shape index (κ1) is 16.9. The van der Waals surface area contributed by atoms with Crippen molar-refractivity contribution in [2.45, 2.75) is 25.3 Å². The second-order valence-corrected chi connectivity index (χ2v) is 6.71. The highest BCUT2D eigenvalue weighted by molar-refractivity contribution is 5.92. The number of carbonyl (C=O) groups is 1. The number of ether oxygens (including phenoxy) is 1. The quantitative estimate of drug-likeness (QED) is 0.843. The lowest BCUT2D eigenvalue weighted by molar-refractivity contribution is 0.0451. The number of carbonyl (C=O) groups excluding carboxylic acids is 1. The smallest absolute Gasteiger partial charge is 0.274 e. The Bertz CT molecular complexity index is 754. The summed E-state index contributed by atoms with van der Waals surface area (Å²) in [5.41, 5.74) is 0.313. The third kappa shape index (κ3) is 3.67. The maximum absolute atomic E-state index is 12.9. The molecule has 0 N–H and O–H groups in total. The Labute approximate surface area is 151 Å². The molecule has 2 fully saturated rings. The van der Waals surface area contributed by atoms with E-state index in [1.807, 2.05) is 4.90 Å². The number of halogens is 1. The van der Waals surface area contributed by atoms with Crippen molar-refractivity contribution in [1.29, 1.82) is 0 Å². The number of hydrogen-bond donors (Lipinski definition) is 0. The lowest BCUT2D eigenvalue weighted by Crippen LogP contribution is -2.53. The highest BCUT2D eigenvalue weighted by Gasteiger charge is 2.30. The Balaban J connectivity index is 1.34. The monoisotopic (exact) mass is 356 g/mol. The van der Waals surface area contributed by atoms with Crippen molar-refractivity contribution in [3.8, 4) is 11.6 Å². The van der Waals surface area contributed by atoms with Crippen LogP contribution < -0.4 is 4.74 Å². The van der Waals surface area contributed by atoms with Crippen LogP contribution in [-0.2, 0) is 0 Å². The zero-order valence-electron chi connectivity index (χ0n) is 14.5. The predicted molar refractivity (Wildman–Crippen MR) is 93.6 cm³/mol. The van der Waals surface area contributed by atoms with Gasteiger partial charge in [-0.2, -0.15) is 0 Å². The average molecular weight is 356 g/mol. The summed E-state index contributed by atoms with van der Waals surface area (Å²) in [6.07, 6.45) is 6.75. The lowest BCUT2D eigenvalue weighted by atomic mass is 9.91. The minimum Gasteiger partial charge on any atom is -0.438 e. The van der Waals surface area contributed by atoms with Crippen LogP contribution in [0.1, 0.15) is 29.8 Å². The van der Waals surface area contributed by atoms with E-state index in [9.17, 15) is 9.18 Å². The fourth-order valence-corrected chi connectivity index (χ4v) is 3.31. The molecule has 1 aliphatic carbocycles. The Morgan fingerprint density at radius 3 is 2.35 bits per heavy atom. The number of rotatable bonds is 4. The van der Waals surface area contributed by atoms with Gasteiger partial charge in [0.1, 0.15) is 17.3 Å². The summed E-state index contributed by atoms with van der Waals surface area (Å²) in [4.78, 5) is 25.2. The van der Waals surface area contributed by atoms with Gasteiger partial charge in [0.15, 0.2) is 0 Å². The number of piperazine rings is 1. The summed E-state index contributed by atoms with van der Waals surface area (Å²) in [5.74, 6) is 0.302. The molecule has 0 radical (unpaired) electrons. The third-order valence-corrected chi connectivity index (χ3v) is 5.08. The first-order chi connectivity index (χ1) is 12.7. The maximum Gasteiger partial charge on any atom is 0.274 e. The average Bonchev–Trinajstić information content (AvgIpc) is 2.63. The van der Waals surface area contributed by atoms with Crippen LogP contribution in [0, 0.1) is 5.82 Å². The second-order valence-electron chi connectivity index (χ2n) is 6.71. The molecule has 6 nitrogen and oxygen atoms in total. The van der Waals surface area contributed by atoms with Crippen LogP contribution >= 0.6 is 0 Å². The van der Waals surface area contributed by atoms with Gasteiger partial charge in [0.25, 0.3) is 5.91 Å².